The number of aromatic nitrogens is 1. The monoisotopic (exact) mass is 257 g/mol. The fourth-order valence-electron chi connectivity index (χ4n) is 1.86. The largest absolute Gasteiger partial charge is 0.478 e. The van der Waals surface area contributed by atoms with E-state index in [1.807, 2.05) is 0 Å². The van der Waals surface area contributed by atoms with E-state index in [1.165, 1.54) is 19.1 Å². The molecule has 19 heavy (non-hydrogen) atoms. The minimum Gasteiger partial charge on any atom is -0.478 e. The Bertz CT molecular complexity index is 615. The average molecular weight is 257 g/mol. The minimum atomic E-state index is -1.15. The maximum atomic E-state index is 11.2. The second-order valence-corrected chi connectivity index (χ2v) is 4.05. The summed E-state index contributed by atoms with van der Waals surface area (Å²) in [6.07, 6.45) is 3.15. The van der Waals surface area contributed by atoms with Gasteiger partial charge in [-0.3, -0.25) is 4.98 Å². The van der Waals surface area contributed by atoms with Crippen LogP contribution in [0.3, 0.4) is 0 Å². The van der Waals surface area contributed by atoms with Gasteiger partial charge in [0.15, 0.2) is 0 Å². The van der Waals surface area contributed by atoms with Gasteiger partial charge in [0, 0.05) is 18.0 Å². The maximum absolute atomic E-state index is 11.2. The average Bonchev–Trinajstić information content (AvgIpc) is 2.39. The summed E-state index contributed by atoms with van der Waals surface area (Å²) < 4.78 is 0. The van der Waals surface area contributed by atoms with E-state index in [9.17, 15) is 9.59 Å². The molecule has 1 aromatic carbocycles. The van der Waals surface area contributed by atoms with E-state index < -0.39 is 11.9 Å². The van der Waals surface area contributed by atoms with Gasteiger partial charge in [-0.15, -0.1) is 0 Å². The Morgan fingerprint density at radius 1 is 1.05 bits per heavy atom. The summed E-state index contributed by atoms with van der Waals surface area (Å²) in [5.74, 6) is -2.29. The van der Waals surface area contributed by atoms with Gasteiger partial charge < -0.3 is 10.2 Å². The molecule has 2 rings (SSSR count). The lowest BCUT2D eigenvalue weighted by atomic mass is 9.96. The standard InChI is InChI=1S/C14H11NO4/c1-8-11(13(16)17)5-10(6-12(8)14(18)19)9-3-2-4-15-7-9/h2-7H,1H3,(H,16,17)(H,18,19). The summed E-state index contributed by atoms with van der Waals surface area (Å²) >= 11 is 0. The molecule has 5 heteroatoms. The first kappa shape index (κ1) is 12.8. The first-order chi connectivity index (χ1) is 9.00. The molecule has 0 saturated heterocycles. The lowest BCUT2D eigenvalue weighted by molar-refractivity contribution is 0.0696. The highest BCUT2D eigenvalue weighted by molar-refractivity contribution is 5.98. The molecule has 2 N–H and O–H groups in total. The zero-order chi connectivity index (χ0) is 14.0. The Kier molecular flexibility index (Phi) is 3.29. The van der Waals surface area contributed by atoms with E-state index in [4.69, 9.17) is 10.2 Å². The number of carbonyl (C=O) groups is 2. The molecule has 0 aliphatic heterocycles. The number of benzene rings is 1. The number of rotatable bonds is 3. The molecule has 5 nitrogen and oxygen atoms in total. The van der Waals surface area contributed by atoms with Crippen molar-refractivity contribution in [3.05, 3.63) is 53.3 Å². The third-order valence-electron chi connectivity index (χ3n) is 2.86. The molecule has 0 fully saturated rings. The number of hydrogen-bond acceptors (Lipinski definition) is 3. The summed E-state index contributed by atoms with van der Waals surface area (Å²) in [7, 11) is 0. The minimum absolute atomic E-state index is 0.0150. The second-order valence-electron chi connectivity index (χ2n) is 4.05. The molecule has 0 amide bonds. The molecule has 1 heterocycles. The molecular weight excluding hydrogens is 246 g/mol. The Balaban J connectivity index is 2.70. The first-order valence-electron chi connectivity index (χ1n) is 5.52. The van der Waals surface area contributed by atoms with Gasteiger partial charge in [-0.1, -0.05) is 6.07 Å². The third kappa shape index (κ3) is 2.44. The molecule has 0 aliphatic rings. The lowest BCUT2D eigenvalue weighted by Crippen LogP contribution is -2.07. The molecule has 0 bridgehead atoms. The molecule has 96 valence electrons. The molecule has 0 aliphatic carbocycles. The Morgan fingerprint density at radius 3 is 2.05 bits per heavy atom. The highest BCUT2D eigenvalue weighted by Gasteiger charge is 2.17. The molecule has 0 atom stereocenters. The summed E-state index contributed by atoms with van der Waals surface area (Å²) in [6, 6.07) is 6.37. The topological polar surface area (TPSA) is 87.5 Å². The van der Waals surface area contributed by atoms with Gasteiger partial charge in [0.2, 0.25) is 0 Å². The first-order valence-corrected chi connectivity index (χ1v) is 5.52. The van der Waals surface area contributed by atoms with Crippen LogP contribution in [0.25, 0.3) is 11.1 Å². The van der Waals surface area contributed by atoms with E-state index in [1.54, 1.807) is 24.5 Å². The molecule has 0 saturated carbocycles. The van der Waals surface area contributed by atoms with E-state index >= 15 is 0 Å². The van der Waals surface area contributed by atoms with Gasteiger partial charge in [0.05, 0.1) is 11.1 Å². The number of carboxylic acid groups (broad SMARTS) is 2. The van der Waals surface area contributed by atoms with Crippen LogP contribution >= 0.6 is 0 Å². The van der Waals surface area contributed by atoms with Crippen LogP contribution < -0.4 is 0 Å². The third-order valence-corrected chi connectivity index (χ3v) is 2.86. The van der Waals surface area contributed by atoms with Crippen LogP contribution in [0.2, 0.25) is 0 Å². The number of carboxylic acids is 2. The molecule has 0 unspecified atom stereocenters. The van der Waals surface area contributed by atoms with Crippen molar-refractivity contribution in [1.29, 1.82) is 0 Å². The van der Waals surface area contributed by atoms with Crippen molar-refractivity contribution in [2.24, 2.45) is 0 Å². The smallest absolute Gasteiger partial charge is 0.335 e. The van der Waals surface area contributed by atoms with Gasteiger partial charge in [-0.2, -0.15) is 0 Å². The van der Waals surface area contributed by atoms with Crippen LogP contribution in [0, 0.1) is 6.92 Å². The SMILES string of the molecule is Cc1c(C(=O)O)cc(-c2cccnc2)cc1C(=O)O. The molecule has 0 radical (unpaired) electrons. The van der Waals surface area contributed by atoms with Crippen molar-refractivity contribution in [2.75, 3.05) is 0 Å². The van der Waals surface area contributed by atoms with Gasteiger partial charge in [0.1, 0.15) is 0 Å². The predicted molar refractivity (Wildman–Crippen MR) is 68.3 cm³/mol. The normalized spacial score (nSPS) is 10.2. The van der Waals surface area contributed by atoms with E-state index in [2.05, 4.69) is 4.98 Å². The maximum Gasteiger partial charge on any atom is 0.335 e. The van der Waals surface area contributed by atoms with Crippen LogP contribution in [0.1, 0.15) is 26.3 Å². The fourth-order valence-corrected chi connectivity index (χ4v) is 1.86. The highest BCUT2D eigenvalue weighted by atomic mass is 16.4. The number of nitrogens with zero attached hydrogens (tertiary/aromatic N) is 1. The summed E-state index contributed by atoms with van der Waals surface area (Å²) in [6.45, 7) is 1.49. The van der Waals surface area contributed by atoms with Crippen molar-refractivity contribution < 1.29 is 19.8 Å². The van der Waals surface area contributed by atoms with E-state index in [0.717, 1.165) is 0 Å². The summed E-state index contributed by atoms with van der Waals surface area (Å²) in [5.41, 5.74) is 1.41. The van der Waals surface area contributed by atoms with Crippen LogP contribution in [-0.4, -0.2) is 27.1 Å². The molecular formula is C14H11NO4. The Labute approximate surface area is 109 Å². The molecule has 1 aromatic heterocycles. The lowest BCUT2D eigenvalue weighted by Gasteiger charge is -2.09. The number of hydrogen-bond donors (Lipinski definition) is 2. The van der Waals surface area contributed by atoms with E-state index in [0.29, 0.717) is 11.1 Å². The van der Waals surface area contributed by atoms with Crippen molar-refractivity contribution in [3.63, 3.8) is 0 Å². The van der Waals surface area contributed by atoms with Crippen molar-refractivity contribution in [1.82, 2.24) is 4.98 Å². The molecule has 2 aromatic rings. The zero-order valence-electron chi connectivity index (χ0n) is 10.1. The number of aromatic carboxylic acids is 2. The van der Waals surface area contributed by atoms with Gasteiger partial charge in [-0.25, -0.2) is 9.59 Å². The fraction of sp³-hybridized carbons (Fsp3) is 0.0714. The van der Waals surface area contributed by atoms with Gasteiger partial charge >= 0.3 is 11.9 Å². The van der Waals surface area contributed by atoms with Crippen molar-refractivity contribution in [2.45, 2.75) is 6.92 Å². The van der Waals surface area contributed by atoms with Crippen LogP contribution in [0.4, 0.5) is 0 Å². The number of pyridine rings is 1. The van der Waals surface area contributed by atoms with Crippen molar-refractivity contribution in [3.8, 4) is 11.1 Å². The van der Waals surface area contributed by atoms with E-state index in [-0.39, 0.29) is 16.7 Å². The molecule has 0 spiro atoms. The second kappa shape index (κ2) is 4.89. The predicted octanol–water partition coefficient (Wildman–Crippen LogP) is 2.45. The van der Waals surface area contributed by atoms with Crippen molar-refractivity contribution >= 4 is 11.9 Å². The Morgan fingerprint density at radius 2 is 1.63 bits per heavy atom. The van der Waals surface area contributed by atoms with Gasteiger partial charge in [-0.05, 0) is 36.2 Å². The van der Waals surface area contributed by atoms with Crippen LogP contribution in [-0.2, 0) is 0 Å². The summed E-state index contributed by atoms with van der Waals surface area (Å²) in [5, 5.41) is 18.3. The summed E-state index contributed by atoms with van der Waals surface area (Å²) in [4.78, 5) is 26.3. The van der Waals surface area contributed by atoms with Crippen LogP contribution in [0.15, 0.2) is 36.7 Å². The highest BCUT2D eigenvalue weighted by Crippen LogP contribution is 2.25. The quantitative estimate of drug-likeness (QED) is 0.881. The Hall–Kier alpha value is -2.69. The van der Waals surface area contributed by atoms with Gasteiger partial charge in [0.25, 0.3) is 0 Å². The van der Waals surface area contributed by atoms with Crippen LogP contribution in [0.5, 0.6) is 0 Å². The zero-order valence-corrected chi connectivity index (χ0v) is 10.1.